The number of rotatable bonds is 5. The third-order valence-corrected chi connectivity index (χ3v) is 6.37. The summed E-state index contributed by atoms with van der Waals surface area (Å²) >= 11 is 5.25. The van der Waals surface area contributed by atoms with Crippen LogP contribution in [0.2, 0.25) is 0 Å². The van der Waals surface area contributed by atoms with E-state index in [1.165, 1.54) is 30.0 Å². The zero-order chi connectivity index (χ0) is 26.4. The summed E-state index contributed by atoms with van der Waals surface area (Å²) < 4.78 is 74.3. The second-order valence-corrected chi connectivity index (χ2v) is 8.84. The van der Waals surface area contributed by atoms with Crippen molar-refractivity contribution in [3.63, 3.8) is 0 Å². The van der Waals surface area contributed by atoms with Gasteiger partial charge in [-0.1, -0.05) is 36.4 Å². The van der Waals surface area contributed by atoms with Gasteiger partial charge in [-0.15, -0.1) is 11.8 Å². The Hall–Kier alpha value is -2.66. The normalized spacial score (nSPS) is 11.6. The number of hydrogen-bond acceptors (Lipinski definition) is 4. The molecule has 0 spiro atoms. The van der Waals surface area contributed by atoms with Crippen LogP contribution >= 0.6 is 24.4 Å². The first-order valence-electron chi connectivity index (χ1n) is 10.0. The lowest BCUT2D eigenvalue weighted by atomic mass is 10.1. The van der Waals surface area contributed by atoms with Gasteiger partial charge in [-0.25, -0.2) is 0 Å². The van der Waals surface area contributed by atoms with Gasteiger partial charge in [0, 0.05) is 28.0 Å². The SMILES string of the molecule is Cc1cc([N+](=O)[O-])c(C)cc1SCc1cccc(C(F)(F)F)c1.FC(F)(F)c1cccc(CS)c1. The fourth-order valence-electron chi connectivity index (χ4n) is 2.97. The number of nitro benzene ring substituents is 1. The van der Waals surface area contributed by atoms with Crippen LogP contribution in [0.4, 0.5) is 32.0 Å². The van der Waals surface area contributed by atoms with Crippen molar-refractivity contribution in [2.75, 3.05) is 0 Å². The monoisotopic (exact) mass is 533 g/mol. The van der Waals surface area contributed by atoms with E-state index in [0.717, 1.165) is 34.7 Å². The molecule has 0 N–H and O–H groups in total. The number of benzene rings is 3. The smallest absolute Gasteiger partial charge is 0.258 e. The molecule has 0 atom stereocenters. The Bertz CT molecular complexity index is 1180. The van der Waals surface area contributed by atoms with Crippen LogP contribution in [-0.4, -0.2) is 4.92 Å². The van der Waals surface area contributed by atoms with Gasteiger partial charge >= 0.3 is 12.4 Å². The average Bonchev–Trinajstić information content (AvgIpc) is 2.78. The molecule has 3 aromatic rings. The van der Waals surface area contributed by atoms with Gasteiger partial charge in [-0.05, 0) is 48.7 Å². The zero-order valence-electron chi connectivity index (χ0n) is 18.6. The summed E-state index contributed by atoms with van der Waals surface area (Å²) in [5.41, 5.74) is 1.16. The molecule has 0 aliphatic rings. The van der Waals surface area contributed by atoms with Gasteiger partial charge in [-0.3, -0.25) is 10.1 Å². The quantitative estimate of drug-likeness (QED) is 0.117. The number of thioether (sulfide) groups is 1. The fourth-order valence-corrected chi connectivity index (χ4v) is 4.22. The molecule has 0 aliphatic heterocycles. The molecule has 0 aromatic heterocycles. The Morgan fingerprint density at radius 3 is 1.83 bits per heavy atom. The first-order chi connectivity index (χ1) is 16.2. The van der Waals surface area contributed by atoms with E-state index in [1.807, 2.05) is 0 Å². The highest BCUT2D eigenvalue weighted by atomic mass is 32.2. The minimum atomic E-state index is -4.36. The maximum absolute atomic E-state index is 12.7. The van der Waals surface area contributed by atoms with Gasteiger partial charge in [0.15, 0.2) is 0 Å². The van der Waals surface area contributed by atoms with Crippen molar-refractivity contribution >= 4 is 30.1 Å². The minimum absolute atomic E-state index is 0.0471. The second-order valence-electron chi connectivity index (χ2n) is 7.50. The number of halogens is 6. The van der Waals surface area contributed by atoms with Crippen molar-refractivity contribution in [1.82, 2.24) is 0 Å². The van der Waals surface area contributed by atoms with Crippen LogP contribution in [0.3, 0.4) is 0 Å². The molecular weight excluding hydrogens is 512 g/mol. The predicted octanol–water partition coefficient (Wildman–Crippen LogP) is 8.66. The largest absolute Gasteiger partial charge is 0.416 e. The summed E-state index contributed by atoms with van der Waals surface area (Å²) in [6.07, 6.45) is -8.61. The molecule has 0 heterocycles. The molecule has 11 heteroatoms. The maximum Gasteiger partial charge on any atom is 0.416 e. The van der Waals surface area contributed by atoms with Crippen molar-refractivity contribution in [3.8, 4) is 0 Å². The highest BCUT2D eigenvalue weighted by Crippen LogP contribution is 2.34. The van der Waals surface area contributed by atoms with E-state index >= 15 is 0 Å². The Morgan fingerprint density at radius 2 is 1.34 bits per heavy atom. The summed E-state index contributed by atoms with van der Waals surface area (Å²) in [5, 5.41) is 10.9. The molecule has 0 unspecified atom stereocenters. The number of thiol groups is 1. The van der Waals surface area contributed by atoms with Gasteiger partial charge in [0.1, 0.15) is 0 Å². The highest BCUT2D eigenvalue weighted by Gasteiger charge is 2.31. The minimum Gasteiger partial charge on any atom is -0.258 e. The first kappa shape index (κ1) is 28.6. The molecule has 35 heavy (non-hydrogen) atoms. The molecule has 0 fully saturated rings. The van der Waals surface area contributed by atoms with Crippen LogP contribution in [-0.2, 0) is 23.9 Å². The number of nitrogens with zero attached hydrogens (tertiary/aromatic N) is 1. The number of alkyl halides is 6. The Kier molecular flexibility index (Phi) is 9.68. The zero-order valence-corrected chi connectivity index (χ0v) is 20.3. The van der Waals surface area contributed by atoms with Crippen molar-refractivity contribution in [3.05, 3.63) is 104 Å². The molecule has 0 saturated heterocycles. The lowest BCUT2D eigenvalue weighted by molar-refractivity contribution is -0.385. The molecule has 188 valence electrons. The number of hydrogen-bond donors (Lipinski definition) is 1. The highest BCUT2D eigenvalue weighted by molar-refractivity contribution is 7.98. The summed E-state index contributed by atoms with van der Waals surface area (Å²) in [4.78, 5) is 11.3. The molecule has 0 radical (unpaired) electrons. The van der Waals surface area contributed by atoms with E-state index in [2.05, 4.69) is 12.6 Å². The molecular formula is C24H21F6NO2S2. The van der Waals surface area contributed by atoms with E-state index in [4.69, 9.17) is 0 Å². The van der Waals surface area contributed by atoms with Crippen LogP contribution in [0.15, 0.2) is 65.6 Å². The van der Waals surface area contributed by atoms with Crippen LogP contribution in [0.1, 0.15) is 33.4 Å². The fraction of sp³-hybridized carbons (Fsp3) is 0.250. The Labute approximate surface area is 208 Å². The van der Waals surface area contributed by atoms with Crippen molar-refractivity contribution in [1.29, 1.82) is 0 Å². The van der Waals surface area contributed by atoms with E-state index < -0.39 is 28.4 Å². The number of aryl methyl sites for hydroxylation is 2. The summed E-state index contributed by atoms with van der Waals surface area (Å²) in [6.45, 7) is 3.40. The third-order valence-electron chi connectivity index (χ3n) is 4.78. The lowest BCUT2D eigenvalue weighted by Gasteiger charge is -2.10. The summed E-state index contributed by atoms with van der Waals surface area (Å²) in [7, 11) is 0. The molecule has 0 aliphatic carbocycles. The molecule has 0 amide bonds. The van der Waals surface area contributed by atoms with Crippen LogP contribution in [0.25, 0.3) is 0 Å². The topological polar surface area (TPSA) is 43.1 Å². The summed E-state index contributed by atoms with van der Waals surface area (Å²) in [5.74, 6) is 0.686. The van der Waals surface area contributed by atoms with Crippen molar-refractivity contribution in [2.24, 2.45) is 0 Å². The molecule has 3 aromatic carbocycles. The molecule has 0 bridgehead atoms. The Balaban J connectivity index is 0.000000303. The molecule has 3 nitrogen and oxygen atoms in total. The van der Waals surface area contributed by atoms with Gasteiger partial charge < -0.3 is 0 Å². The maximum atomic E-state index is 12.7. The average molecular weight is 534 g/mol. The Morgan fingerprint density at radius 1 is 0.829 bits per heavy atom. The van der Waals surface area contributed by atoms with Gasteiger partial charge in [-0.2, -0.15) is 39.0 Å². The molecule has 0 saturated carbocycles. The standard InChI is InChI=1S/C16H14F3NO2S.C8H7F3S/c1-10-7-15(11(2)6-14(10)20(21)22)23-9-12-4-3-5-13(8-12)16(17,18)19;9-8(10,11)7-3-1-2-6(4-7)5-12/h3-8H,9H2,1-2H3;1-4,12H,5H2. The molecule has 3 rings (SSSR count). The van der Waals surface area contributed by atoms with Gasteiger partial charge in [0.25, 0.3) is 5.69 Å². The second kappa shape index (κ2) is 11.9. The van der Waals surface area contributed by atoms with Crippen LogP contribution in [0, 0.1) is 24.0 Å². The van der Waals surface area contributed by atoms with Gasteiger partial charge in [0.2, 0.25) is 0 Å². The third kappa shape index (κ3) is 8.50. The van der Waals surface area contributed by atoms with Crippen molar-refractivity contribution < 1.29 is 31.3 Å². The van der Waals surface area contributed by atoms with E-state index in [1.54, 1.807) is 32.0 Å². The van der Waals surface area contributed by atoms with E-state index in [0.29, 0.717) is 28.2 Å². The van der Waals surface area contributed by atoms with E-state index in [-0.39, 0.29) is 5.69 Å². The van der Waals surface area contributed by atoms with Crippen molar-refractivity contribution in [2.45, 2.75) is 42.6 Å². The number of nitro groups is 1. The first-order valence-corrected chi connectivity index (χ1v) is 11.7. The van der Waals surface area contributed by atoms with Crippen LogP contribution in [0.5, 0.6) is 0 Å². The van der Waals surface area contributed by atoms with E-state index in [9.17, 15) is 36.5 Å². The summed E-state index contributed by atoms with van der Waals surface area (Å²) in [6, 6.07) is 13.5. The predicted molar refractivity (Wildman–Crippen MR) is 128 cm³/mol. The van der Waals surface area contributed by atoms with Gasteiger partial charge in [0.05, 0.1) is 16.1 Å². The van der Waals surface area contributed by atoms with Crippen LogP contribution < -0.4 is 0 Å². The lowest BCUT2D eigenvalue weighted by Crippen LogP contribution is -2.04.